The van der Waals surface area contributed by atoms with Gasteiger partial charge in [0.2, 0.25) is 5.91 Å². The Morgan fingerprint density at radius 2 is 1.76 bits per heavy atom. The van der Waals surface area contributed by atoms with Crippen LogP contribution in [-0.4, -0.2) is 37.4 Å². The Hall–Kier alpha value is -2.44. The van der Waals surface area contributed by atoms with Crippen molar-refractivity contribution in [3.8, 4) is 5.75 Å². The third kappa shape index (κ3) is 6.91. The highest BCUT2D eigenvalue weighted by molar-refractivity contribution is 5.78. The van der Waals surface area contributed by atoms with Gasteiger partial charge in [-0.25, -0.2) is 4.39 Å². The lowest BCUT2D eigenvalue weighted by Crippen LogP contribution is -2.35. The van der Waals surface area contributed by atoms with Crippen LogP contribution in [0.3, 0.4) is 0 Å². The number of aliphatic hydroxyl groups is 1. The maximum atomic E-state index is 12.8. The highest BCUT2D eigenvalue weighted by atomic mass is 19.1. The summed E-state index contributed by atoms with van der Waals surface area (Å²) < 4.78 is 23.3. The number of rotatable bonds is 9. The molecule has 25 heavy (non-hydrogen) atoms. The van der Waals surface area contributed by atoms with Crippen molar-refractivity contribution in [3.05, 3.63) is 65.5 Å². The van der Waals surface area contributed by atoms with E-state index in [1.807, 2.05) is 24.3 Å². The predicted molar refractivity (Wildman–Crippen MR) is 91.8 cm³/mol. The number of carbonyl (C=O) groups is 1. The molecule has 2 N–H and O–H groups in total. The summed E-state index contributed by atoms with van der Waals surface area (Å²) in [6.07, 6.45) is -0.657. The van der Waals surface area contributed by atoms with E-state index in [1.165, 1.54) is 12.1 Å². The zero-order chi connectivity index (χ0) is 18.1. The Morgan fingerprint density at radius 1 is 1.12 bits per heavy atom. The number of halogens is 1. The number of hydrogen-bond donors (Lipinski definition) is 2. The summed E-state index contributed by atoms with van der Waals surface area (Å²) in [6, 6.07) is 13.2. The third-order valence-electron chi connectivity index (χ3n) is 3.55. The molecule has 0 fully saturated rings. The maximum Gasteiger partial charge on any atom is 0.224 e. The smallest absolute Gasteiger partial charge is 0.224 e. The number of benzene rings is 2. The van der Waals surface area contributed by atoms with Gasteiger partial charge < -0.3 is 19.9 Å². The third-order valence-corrected chi connectivity index (χ3v) is 3.55. The molecule has 6 heteroatoms. The quantitative estimate of drug-likeness (QED) is 0.729. The van der Waals surface area contributed by atoms with Crippen LogP contribution in [0, 0.1) is 5.82 Å². The van der Waals surface area contributed by atoms with E-state index in [2.05, 4.69) is 5.32 Å². The molecule has 2 aromatic carbocycles. The standard InChI is InChI=1S/C19H22FNO4/c1-24-18-8-4-15(5-9-18)12-25-13-17(22)11-21-19(23)10-14-2-6-16(20)7-3-14/h2-9,17,22H,10-13H2,1H3,(H,21,23)/t17-/m1/s1. The minimum absolute atomic E-state index is 0.0998. The van der Waals surface area contributed by atoms with Gasteiger partial charge in [-0.1, -0.05) is 24.3 Å². The van der Waals surface area contributed by atoms with Crippen molar-refractivity contribution in [1.82, 2.24) is 5.32 Å². The molecule has 0 heterocycles. The van der Waals surface area contributed by atoms with Gasteiger partial charge in [0.25, 0.3) is 0 Å². The van der Waals surface area contributed by atoms with Crippen LogP contribution in [-0.2, 0) is 22.6 Å². The number of aliphatic hydroxyl groups excluding tert-OH is 1. The second-order valence-electron chi connectivity index (χ2n) is 5.62. The number of amides is 1. The molecule has 2 aromatic rings. The number of hydrogen-bond acceptors (Lipinski definition) is 4. The van der Waals surface area contributed by atoms with Crippen molar-refractivity contribution in [3.63, 3.8) is 0 Å². The lowest BCUT2D eigenvalue weighted by molar-refractivity contribution is -0.121. The summed E-state index contributed by atoms with van der Waals surface area (Å²) in [5.41, 5.74) is 1.68. The number of carbonyl (C=O) groups excluding carboxylic acids is 1. The first-order valence-corrected chi connectivity index (χ1v) is 7.96. The Labute approximate surface area is 146 Å². The monoisotopic (exact) mass is 347 g/mol. The lowest BCUT2D eigenvalue weighted by atomic mass is 10.1. The molecule has 0 unspecified atom stereocenters. The molecule has 0 radical (unpaired) electrons. The van der Waals surface area contributed by atoms with Crippen LogP contribution < -0.4 is 10.1 Å². The number of ether oxygens (including phenoxy) is 2. The summed E-state index contributed by atoms with van der Waals surface area (Å²) in [5.74, 6) is 0.196. The van der Waals surface area contributed by atoms with Crippen LogP contribution in [0.5, 0.6) is 5.75 Å². The molecule has 1 amide bonds. The topological polar surface area (TPSA) is 67.8 Å². The van der Waals surface area contributed by atoms with Crippen molar-refractivity contribution in [2.24, 2.45) is 0 Å². The average molecular weight is 347 g/mol. The molecule has 0 aliphatic carbocycles. The molecule has 1 atom stereocenters. The lowest BCUT2D eigenvalue weighted by Gasteiger charge is -2.13. The minimum Gasteiger partial charge on any atom is -0.497 e. The molecule has 0 spiro atoms. The second-order valence-corrected chi connectivity index (χ2v) is 5.62. The maximum absolute atomic E-state index is 12.8. The molecule has 0 aromatic heterocycles. The van der Waals surface area contributed by atoms with E-state index in [1.54, 1.807) is 19.2 Å². The van der Waals surface area contributed by atoms with E-state index >= 15 is 0 Å². The van der Waals surface area contributed by atoms with Gasteiger partial charge in [-0.05, 0) is 35.4 Å². The van der Waals surface area contributed by atoms with Crippen molar-refractivity contribution in [1.29, 1.82) is 0 Å². The van der Waals surface area contributed by atoms with Crippen molar-refractivity contribution in [2.75, 3.05) is 20.3 Å². The zero-order valence-electron chi connectivity index (χ0n) is 14.1. The SMILES string of the molecule is COc1ccc(COC[C@H](O)CNC(=O)Cc2ccc(F)cc2)cc1. The van der Waals surface area contributed by atoms with Gasteiger partial charge in [0, 0.05) is 6.54 Å². The van der Waals surface area contributed by atoms with Crippen LogP contribution in [0.4, 0.5) is 4.39 Å². The van der Waals surface area contributed by atoms with Crippen molar-refractivity contribution in [2.45, 2.75) is 19.1 Å². The minimum atomic E-state index is -0.796. The highest BCUT2D eigenvalue weighted by Gasteiger charge is 2.08. The zero-order valence-corrected chi connectivity index (χ0v) is 14.1. The molecule has 0 aliphatic heterocycles. The number of nitrogens with one attached hydrogen (secondary N) is 1. The van der Waals surface area contributed by atoms with E-state index in [-0.39, 0.29) is 31.3 Å². The van der Waals surface area contributed by atoms with Gasteiger partial charge in [-0.15, -0.1) is 0 Å². The van der Waals surface area contributed by atoms with Crippen LogP contribution in [0.15, 0.2) is 48.5 Å². The first kappa shape index (κ1) is 18.9. The van der Waals surface area contributed by atoms with Gasteiger partial charge in [-0.2, -0.15) is 0 Å². The Balaban J connectivity index is 1.63. The molecular formula is C19H22FNO4. The fourth-order valence-corrected chi connectivity index (χ4v) is 2.18. The fourth-order valence-electron chi connectivity index (χ4n) is 2.18. The van der Waals surface area contributed by atoms with E-state index in [0.717, 1.165) is 11.3 Å². The van der Waals surface area contributed by atoms with E-state index in [4.69, 9.17) is 9.47 Å². The van der Waals surface area contributed by atoms with E-state index < -0.39 is 6.10 Å². The molecule has 0 saturated carbocycles. The molecular weight excluding hydrogens is 325 g/mol. The summed E-state index contributed by atoms with van der Waals surface area (Å²) in [5, 5.41) is 12.5. The average Bonchev–Trinajstić information content (AvgIpc) is 2.62. The van der Waals surface area contributed by atoms with Gasteiger partial charge in [0.05, 0.1) is 32.8 Å². The van der Waals surface area contributed by atoms with E-state index in [9.17, 15) is 14.3 Å². The molecule has 134 valence electrons. The summed E-state index contributed by atoms with van der Waals surface area (Å²) in [7, 11) is 1.60. The molecule has 0 bridgehead atoms. The first-order chi connectivity index (χ1) is 12.1. The molecule has 5 nitrogen and oxygen atoms in total. The van der Waals surface area contributed by atoms with Gasteiger partial charge in [-0.3, -0.25) is 4.79 Å². The fraction of sp³-hybridized carbons (Fsp3) is 0.316. The predicted octanol–water partition coefficient (Wildman–Crippen LogP) is 2.07. The van der Waals surface area contributed by atoms with Crippen LogP contribution in [0.1, 0.15) is 11.1 Å². The highest BCUT2D eigenvalue weighted by Crippen LogP contribution is 2.12. The Bertz CT molecular complexity index is 658. The normalized spacial score (nSPS) is 11.8. The Kier molecular flexibility index (Phi) is 7.37. The summed E-state index contributed by atoms with van der Waals surface area (Å²) in [6.45, 7) is 0.579. The van der Waals surface area contributed by atoms with Crippen LogP contribution in [0.25, 0.3) is 0 Å². The molecule has 0 saturated heterocycles. The second kappa shape index (κ2) is 9.76. The van der Waals surface area contributed by atoms with Crippen LogP contribution in [0.2, 0.25) is 0 Å². The van der Waals surface area contributed by atoms with Gasteiger partial charge in [0.1, 0.15) is 11.6 Å². The Morgan fingerprint density at radius 3 is 2.40 bits per heavy atom. The van der Waals surface area contributed by atoms with Crippen molar-refractivity contribution >= 4 is 5.91 Å². The first-order valence-electron chi connectivity index (χ1n) is 7.96. The molecule has 0 aliphatic rings. The van der Waals surface area contributed by atoms with Crippen LogP contribution >= 0.6 is 0 Å². The largest absolute Gasteiger partial charge is 0.497 e. The summed E-state index contributed by atoms with van der Waals surface area (Å²) >= 11 is 0. The van der Waals surface area contributed by atoms with Crippen molar-refractivity contribution < 1.29 is 23.8 Å². The van der Waals surface area contributed by atoms with Gasteiger partial charge >= 0.3 is 0 Å². The van der Waals surface area contributed by atoms with E-state index in [0.29, 0.717) is 12.2 Å². The van der Waals surface area contributed by atoms with Gasteiger partial charge in [0.15, 0.2) is 0 Å². The molecule has 2 rings (SSSR count). The summed E-state index contributed by atoms with van der Waals surface area (Å²) in [4.78, 5) is 11.8. The number of methoxy groups -OCH3 is 1.